The summed E-state index contributed by atoms with van der Waals surface area (Å²) in [6.07, 6.45) is 0.273. The van der Waals surface area contributed by atoms with E-state index >= 15 is 0 Å². The molecule has 2 aromatic heterocycles. The van der Waals surface area contributed by atoms with Gasteiger partial charge in [-0.25, -0.2) is 10.8 Å². The van der Waals surface area contributed by atoms with Crippen molar-refractivity contribution in [3.63, 3.8) is 0 Å². The topological polar surface area (TPSA) is 126 Å². The Balaban J connectivity index is 1.64. The second-order valence-electron chi connectivity index (χ2n) is 10.3. The summed E-state index contributed by atoms with van der Waals surface area (Å²) in [5, 5.41) is 4.77. The van der Waals surface area contributed by atoms with E-state index in [1.165, 1.54) is 24.4 Å². The van der Waals surface area contributed by atoms with Gasteiger partial charge in [0.15, 0.2) is 0 Å². The summed E-state index contributed by atoms with van der Waals surface area (Å²) in [6.45, 7) is 5.85. The highest BCUT2D eigenvalue weighted by Crippen LogP contribution is 2.39. The fourth-order valence-corrected chi connectivity index (χ4v) is 4.37. The second-order valence-corrected chi connectivity index (χ2v) is 10.3. The van der Waals surface area contributed by atoms with Crippen LogP contribution >= 0.6 is 0 Å². The number of nitrogens with zero attached hydrogens (tertiary/aromatic N) is 3. The molecule has 6 N–H and O–H groups in total. The van der Waals surface area contributed by atoms with Crippen LogP contribution in [0.15, 0.2) is 61.1 Å². The van der Waals surface area contributed by atoms with Crippen LogP contribution in [0.1, 0.15) is 46.5 Å². The maximum absolute atomic E-state index is 13.8. The number of aryl methyl sites for hydroxylation is 1. The lowest BCUT2D eigenvalue weighted by atomic mass is 10.0. The van der Waals surface area contributed by atoms with Crippen molar-refractivity contribution >= 4 is 34.0 Å². The number of H-pyrrole nitrogens is 1. The van der Waals surface area contributed by atoms with Gasteiger partial charge in [0.1, 0.15) is 11.4 Å². The summed E-state index contributed by atoms with van der Waals surface area (Å²) < 4.78 is 46.9. The van der Waals surface area contributed by atoms with Gasteiger partial charge in [-0.15, -0.1) is 0 Å². The number of hydrogen-bond acceptors (Lipinski definition) is 7. The van der Waals surface area contributed by atoms with E-state index in [9.17, 15) is 18.0 Å². The summed E-state index contributed by atoms with van der Waals surface area (Å²) in [7, 11) is 3.15. The predicted molar refractivity (Wildman–Crippen MR) is 159 cm³/mol. The maximum atomic E-state index is 13.8. The smallest absolute Gasteiger partial charge is 0.416 e. The molecule has 0 saturated carbocycles. The Bertz CT molecular complexity index is 1630. The molecular weight excluding hydrogens is 547 g/mol. The molecule has 0 atom stereocenters. The Morgan fingerprint density at radius 1 is 1.17 bits per heavy atom. The van der Waals surface area contributed by atoms with Gasteiger partial charge in [-0.1, -0.05) is 6.07 Å². The van der Waals surface area contributed by atoms with Gasteiger partial charge in [-0.2, -0.15) is 13.2 Å². The number of hydrogen-bond donors (Lipinski definition) is 4. The highest BCUT2D eigenvalue weighted by atomic mass is 19.4. The van der Waals surface area contributed by atoms with E-state index in [1.807, 2.05) is 37.8 Å². The van der Waals surface area contributed by atoms with Crippen molar-refractivity contribution in [1.29, 1.82) is 0 Å². The van der Waals surface area contributed by atoms with Gasteiger partial charge in [0.25, 0.3) is 5.91 Å². The Kier molecular flexibility index (Phi) is 8.78. The molecule has 4 aromatic rings. The standard InChI is InChI=1S/C30H34F3N7O2/c1-17(2)39(4)15-22-11-23(30(31,32)33)13-25(27(22)42-5)38-29(41)20-7-6-18(3)26(12-20)40(35)16-24(34)21-10-19-8-9-36-28(19)37-14-21/h6-14,16-17H,15,34-35H2,1-5H3,(H,36,37)(H,38,41)/b24-16-. The quantitative estimate of drug-likeness (QED) is 0.149. The zero-order valence-electron chi connectivity index (χ0n) is 24.0. The number of carbonyl (C=O) groups excluding carboxylic acids is 1. The second kappa shape index (κ2) is 12.1. The number of alkyl halides is 3. The first-order chi connectivity index (χ1) is 19.8. The van der Waals surface area contributed by atoms with Crippen molar-refractivity contribution in [1.82, 2.24) is 14.9 Å². The number of fused-ring (bicyclic) bond motifs is 1. The third kappa shape index (κ3) is 6.67. The number of hydrazine groups is 1. The number of benzene rings is 2. The number of halogens is 3. The molecule has 1 amide bonds. The molecule has 2 aromatic carbocycles. The Morgan fingerprint density at radius 2 is 1.90 bits per heavy atom. The number of carbonyl (C=O) groups is 1. The van der Waals surface area contributed by atoms with Crippen LogP contribution in [0.5, 0.6) is 5.75 Å². The monoisotopic (exact) mass is 581 g/mol. The minimum absolute atomic E-state index is 0.0726. The van der Waals surface area contributed by atoms with E-state index in [4.69, 9.17) is 16.3 Å². The van der Waals surface area contributed by atoms with Crippen molar-refractivity contribution in [2.24, 2.45) is 11.6 Å². The van der Waals surface area contributed by atoms with Crippen LogP contribution < -0.4 is 26.6 Å². The van der Waals surface area contributed by atoms with Crippen LogP contribution in [0.2, 0.25) is 0 Å². The first kappa shape index (κ1) is 30.4. The summed E-state index contributed by atoms with van der Waals surface area (Å²) >= 11 is 0. The fourth-order valence-electron chi connectivity index (χ4n) is 4.37. The van der Waals surface area contributed by atoms with E-state index in [1.54, 1.807) is 31.6 Å². The molecule has 9 nitrogen and oxygen atoms in total. The molecule has 222 valence electrons. The molecule has 0 saturated heterocycles. The lowest BCUT2D eigenvalue weighted by molar-refractivity contribution is -0.137. The average Bonchev–Trinajstić information content (AvgIpc) is 3.40. The molecule has 0 unspecified atom stereocenters. The van der Waals surface area contributed by atoms with E-state index < -0.39 is 17.6 Å². The van der Waals surface area contributed by atoms with Crippen LogP contribution in [0.25, 0.3) is 16.7 Å². The Hall–Kier alpha value is -4.55. The molecule has 0 spiro atoms. The van der Waals surface area contributed by atoms with E-state index in [2.05, 4.69) is 15.3 Å². The van der Waals surface area contributed by atoms with E-state index in [0.717, 1.165) is 28.7 Å². The number of amides is 1. The number of ether oxygens (including phenoxy) is 1. The average molecular weight is 582 g/mol. The van der Waals surface area contributed by atoms with Crippen molar-refractivity contribution in [3.05, 3.63) is 88.9 Å². The Labute approximate surface area is 241 Å². The zero-order valence-corrected chi connectivity index (χ0v) is 24.0. The van der Waals surface area contributed by atoms with Gasteiger partial charge < -0.3 is 20.8 Å². The molecule has 0 aliphatic heterocycles. The molecular formula is C30H34F3N7O2. The number of rotatable bonds is 9. The van der Waals surface area contributed by atoms with Crippen LogP contribution in [0.4, 0.5) is 24.5 Å². The van der Waals surface area contributed by atoms with Crippen molar-refractivity contribution in [3.8, 4) is 5.75 Å². The number of nitrogens with two attached hydrogens (primary N) is 2. The number of aromatic nitrogens is 2. The first-order valence-electron chi connectivity index (χ1n) is 13.1. The zero-order chi connectivity index (χ0) is 30.8. The molecule has 42 heavy (non-hydrogen) atoms. The summed E-state index contributed by atoms with van der Waals surface area (Å²) in [4.78, 5) is 22.6. The number of aromatic amines is 1. The van der Waals surface area contributed by atoms with Gasteiger partial charge in [0.05, 0.1) is 29.7 Å². The first-order valence-corrected chi connectivity index (χ1v) is 13.1. The lowest BCUT2D eigenvalue weighted by Gasteiger charge is -2.24. The van der Waals surface area contributed by atoms with Crippen molar-refractivity contribution in [2.45, 2.75) is 39.5 Å². The fraction of sp³-hybridized carbons (Fsp3) is 0.267. The van der Waals surface area contributed by atoms with Gasteiger partial charge in [-0.05, 0) is 69.8 Å². The molecule has 0 fully saturated rings. The van der Waals surface area contributed by atoms with E-state index in [0.29, 0.717) is 22.5 Å². The highest BCUT2D eigenvalue weighted by Gasteiger charge is 2.33. The van der Waals surface area contributed by atoms with Crippen LogP contribution in [0.3, 0.4) is 0 Å². The largest absolute Gasteiger partial charge is 0.494 e. The Morgan fingerprint density at radius 3 is 2.57 bits per heavy atom. The summed E-state index contributed by atoms with van der Waals surface area (Å²) in [6, 6.07) is 10.5. The third-order valence-electron chi connectivity index (χ3n) is 7.01. The minimum Gasteiger partial charge on any atom is -0.494 e. The molecule has 0 bridgehead atoms. The van der Waals surface area contributed by atoms with Crippen molar-refractivity contribution < 1.29 is 22.7 Å². The van der Waals surface area contributed by atoms with Crippen LogP contribution in [0, 0.1) is 6.92 Å². The summed E-state index contributed by atoms with van der Waals surface area (Å²) in [5.41, 5.74) is 8.71. The van der Waals surface area contributed by atoms with E-state index in [-0.39, 0.29) is 29.6 Å². The third-order valence-corrected chi connectivity index (χ3v) is 7.01. The van der Waals surface area contributed by atoms with Gasteiger partial charge in [0, 0.05) is 53.3 Å². The van der Waals surface area contributed by atoms with Gasteiger partial charge >= 0.3 is 6.18 Å². The normalized spacial score (nSPS) is 12.3. The molecule has 2 heterocycles. The molecule has 0 radical (unpaired) electrons. The minimum atomic E-state index is -4.62. The lowest BCUT2D eigenvalue weighted by Crippen LogP contribution is -2.27. The number of nitrogens with one attached hydrogen (secondary N) is 2. The van der Waals surface area contributed by atoms with Gasteiger partial charge in [0.2, 0.25) is 0 Å². The number of anilines is 2. The van der Waals surface area contributed by atoms with Crippen LogP contribution in [-0.4, -0.2) is 41.0 Å². The number of methoxy groups -OCH3 is 1. The molecule has 4 rings (SSSR count). The molecule has 12 heteroatoms. The molecule has 0 aliphatic carbocycles. The highest BCUT2D eigenvalue weighted by molar-refractivity contribution is 6.06. The SMILES string of the molecule is COc1c(CN(C)C(C)C)cc(C(F)(F)F)cc1NC(=O)c1ccc(C)c(N(N)/C=C(\N)c2cnc3[nH]ccc3c2)c1. The summed E-state index contributed by atoms with van der Waals surface area (Å²) in [5.74, 6) is 5.84. The molecule has 0 aliphatic rings. The van der Waals surface area contributed by atoms with Crippen molar-refractivity contribution in [2.75, 3.05) is 24.5 Å². The van der Waals surface area contributed by atoms with Gasteiger partial charge in [-0.3, -0.25) is 14.7 Å². The van der Waals surface area contributed by atoms with Crippen LogP contribution in [-0.2, 0) is 12.7 Å². The maximum Gasteiger partial charge on any atom is 0.416 e. The number of pyridine rings is 1. The predicted octanol–water partition coefficient (Wildman–Crippen LogP) is 5.63.